The van der Waals surface area contributed by atoms with Gasteiger partial charge in [-0.25, -0.2) is 4.98 Å². The number of nitrogens with one attached hydrogen (secondary N) is 2. The van der Waals surface area contributed by atoms with E-state index in [1.807, 2.05) is 25.1 Å². The Balaban J connectivity index is 0.00000420. The highest BCUT2D eigenvalue weighted by Crippen LogP contribution is 2.29. The van der Waals surface area contributed by atoms with Crippen LogP contribution in [0.15, 0.2) is 34.6 Å². The second kappa shape index (κ2) is 12.9. The molecular formula is C19H26F3IN4OS. The zero-order valence-electron chi connectivity index (χ0n) is 16.4. The average Bonchev–Trinajstić information content (AvgIpc) is 3.15. The number of guanidine groups is 1. The lowest BCUT2D eigenvalue weighted by Crippen LogP contribution is -2.38. The fourth-order valence-corrected chi connectivity index (χ4v) is 3.29. The molecule has 162 valence electrons. The maximum Gasteiger partial charge on any atom is 0.434 e. The van der Waals surface area contributed by atoms with Crippen LogP contribution >= 0.6 is 35.3 Å². The maximum atomic E-state index is 12.6. The highest BCUT2D eigenvalue weighted by Gasteiger charge is 2.33. The summed E-state index contributed by atoms with van der Waals surface area (Å²) in [4.78, 5) is 8.14. The van der Waals surface area contributed by atoms with Gasteiger partial charge in [-0.15, -0.1) is 35.3 Å². The summed E-state index contributed by atoms with van der Waals surface area (Å²) in [5.74, 6) is 1.49. The van der Waals surface area contributed by atoms with Gasteiger partial charge < -0.3 is 15.4 Å². The van der Waals surface area contributed by atoms with Gasteiger partial charge in [0.1, 0.15) is 5.75 Å². The summed E-state index contributed by atoms with van der Waals surface area (Å²) in [5, 5.41) is 7.78. The number of thiazole rings is 1. The molecule has 1 aromatic carbocycles. The van der Waals surface area contributed by atoms with Gasteiger partial charge in [0.05, 0.1) is 12.1 Å². The summed E-state index contributed by atoms with van der Waals surface area (Å²) in [6, 6.07) is 7.94. The van der Waals surface area contributed by atoms with Crippen molar-refractivity contribution in [3.63, 3.8) is 0 Å². The lowest BCUT2D eigenvalue weighted by Gasteiger charge is -2.10. The number of alkyl halides is 3. The molecule has 0 aliphatic rings. The molecule has 0 aliphatic carbocycles. The molecule has 2 rings (SSSR count). The van der Waals surface area contributed by atoms with Gasteiger partial charge in [0, 0.05) is 31.4 Å². The number of rotatable bonds is 9. The number of methoxy groups -OCH3 is 1. The van der Waals surface area contributed by atoms with Crippen LogP contribution in [-0.4, -0.2) is 37.7 Å². The summed E-state index contributed by atoms with van der Waals surface area (Å²) < 4.78 is 43.0. The molecule has 10 heteroatoms. The quantitative estimate of drug-likeness (QED) is 0.212. The molecule has 0 atom stereocenters. The summed E-state index contributed by atoms with van der Waals surface area (Å²) >= 11 is 1.02. The number of benzene rings is 1. The van der Waals surface area contributed by atoms with Crippen LogP contribution in [0, 0.1) is 0 Å². The van der Waals surface area contributed by atoms with Crippen LogP contribution in [0.5, 0.6) is 5.75 Å². The number of halogens is 4. The first kappa shape index (κ1) is 25.5. The van der Waals surface area contributed by atoms with E-state index in [0.717, 1.165) is 35.3 Å². The number of aryl methyl sites for hydroxylation is 1. The van der Waals surface area contributed by atoms with Crippen LogP contribution in [0.3, 0.4) is 0 Å². The van der Waals surface area contributed by atoms with Gasteiger partial charge in [-0.05, 0) is 37.5 Å². The molecule has 5 nitrogen and oxygen atoms in total. The molecule has 2 aromatic rings. The number of hydrogen-bond acceptors (Lipinski definition) is 4. The monoisotopic (exact) mass is 542 g/mol. The Morgan fingerprint density at radius 3 is 2.69 bits per heavy atom. The zero-order chi connectivity index (χ0) is 20.4. The second-order valence-electron chi connectivity index (χ2n) is 6.02. The fraction of sp³-hybridized carbons (Fsp3) is 0.474. The van der Waals surface area contributed by atoms with Crippen LogP contribution in [0.4, 0.5) is 13.2 Å². The normalized spacial score (nSPS) is 11.7. The number of ether oxygens (including phenoxy) is 1. The number of aromatic nitrogens is 1. The Morgan fingerprint density at radius 1 is 1.24 bits per heavy atom. The van der Waals surface area contributed by atoms with Crippen molar-refractivity contribution in [3.8, 4) is 5.75 Å². The van der Waals surface area contributed by atoms with Crippen LogP contribution in [-0.2, 0) is 19.0 Å². The summed E-state index contributed by atoms with van der Waals surface area (Å²) in [6.07, 6.45) is -2.21. The Bertz CT molecular complexity index is 768. The molecule has 0 fully saturated rings. The smallest absolute Gasteiger partial charge is 0.434 e. The third-order valence-electron chi connectivity index (χ3n) is 3.85. The van der Waals surface area contributed by atoms with E-state index >= 15 is 0 Å². The molecule has 1 heterocycles. The Labute approximate surface area is 190 Å². The van der Waals surface area contributed by atoms with Crippen LogP contribution < -0.4 is 15.4 Å². The summed E-state index contributed by atoms with van der Waals surface area (Å²) in [5.41, 5.74) is 0.363. The third kappa shape index (κ3) is 9.20. The van der Waals surface area contributed by atoms with E-state index in [-0.39, 0.29) is 24.0 Å². The van der Waals surface area contributed by atoms with E-state index in [1.54, 1.807) is 7.11 Å². The maximum absolute atomic E-state index is 12.6. The Hall–Kier alpha value is -1.56. The first-order valence-corrected chi connectivity index (χ1v) is 9.97. The van der Waals surface area contributed by atoms with Crippen LogP contribution in [0.25, 0.3) is 0 Å². The molecule has 0 spiro atoms. The van der Waals surface area contributed by atoms with Crippen molar-refractivity contribution >= 4 is 41.3 Å². The van der Waals surface area contributed by atoms with Crippen molar-refractivity contribution in [2.45, 2.75) is 32.4 Å². The second-order valence-corrected chi connectivity index (χ2v) is 6.96. The van der Waals surface area contributed by atoms with Crippen molar-refractivity contribution in [2.75, 3.05) is 26.7 Å². The van der Waals surface area contributed by atoms with Crippen molar-refractivity contribution in [1.29, 1.82) is 0 Å². The van der Waals surface area contributed by atoms with Gasteiger partial charge >= 0.3 is 6.18 Å². The topological polar surface area (TPSA) is 58.5 Å². The van der Waals surface area contributed by atoms with Gasteiger partial charge in [-0.2, -0.15) is 13.2 Å². The molecule has 0 saturated heterocycles. The minimum atomic E-state index is -4.39. The number of aliphatic imine (C=N–C) groups is 1. The predicted octanol–water partition coefficient (Wildman–Crippen LogP) is 4.52. The molecule has 29 heavy (non-hydrogen) atoms. The van der Waals surface area contributed by atoms with Gasteiger partial charge in [-0.1, -0.05) is 12.1 Å². The average molecular weight is 542 g/mol. The molecule has 0 radical (unpaired) electrons. The van der Waals surface area contributed by atoms with E-state index in [0.29, 0.717) is 37.0 Å². The van der Waals surface area contributed by atoms with Gasteiger partial charge in [0.2, 0.25) is 0 Å². The Morgan fingerprint density at radius 2 is 2.03 bits per heavy atom. The third-order valence-corrected chi connectivity index (χ3v) is 4.75. The molecule has 0 aliphatic heterocycles. The molecule has 0 bridgehead atoms. The van der Waals surface area contributed by atoms with Crippen LogP contribution in [0.1, 0.15) is 29.6 Å². The molecule has 0 unspecified atom stereocenters. The van der Waals surface area contributed by atoms with Crippen molar-refractivity contribution in [1.82, 2.24) is 15.6 Å². The summed E-state index contributed by atoms with van der Waals surface area (Å²) in [7, 11) is 1.65. The standard InChI is InChI=1S/C19H25F3N4OS.HI/c1-3-23-18(24-10-5-7-14-6-4-8-15(12-14)27-2)25-11-9-17-26-16(13-28-17)19(20,21)22;/h4,6,8,12-13H,3,5,7,9-11H2,1-2H3,(H2,23,24,25);1H. The minimum Gasteiger partial charge on any atom is -0.497 e. The van der Waals surface area contributed by atoms with Gasteiger partial charge in [-0.3, -0.25) is 4.99 Å². The van der Waals surface area contributed by atoms with Crippen molar-refractivity contribution in [3.05, 3.63) is 45.9 Å². The number of hydrogen-bond donors (Lipinski definition) is 2. The van der Waals surface area contributed by atoms with Crippen molar-refractivity contribution in [2.24, 2.45) is 4.99 Å². The SMILES string of the molecule is CCNC(=NCCCc1cccc(OC)c1)NCCc1nc(C(F)(F)F)cs1.I. The zero-order valence-corrected chi connectivity index (χ0v) is 19.5. The van der Waals surface area contributed by atoms with E-state index in [4.69, 9.17) is 4.74 Å². The number of nitrogens with zero attached hydrogens (tertiary/aromatic N) is 2. The Kier molecular flexibility index (Phi) is 11.3. The van der Waals surface area contributed by atoms with Gasteiger partial charge in [0.25, 0.3) is 0 Å². The largest absolute Gasteiger partial charge is 0.497 e. The molecule has 0 saturated carbocycles. The van der Waals surface area contributed by atoms with E-state index in [9.17, 15) is 13.2 Å². The van der Waals surface area contributed by atoms with E-state index in [2.05, 4.69) is 26.7 Å². The highest BCUT2D eigenvalue weighted by molar-refractivity contribution is 14.0. The first-order chi connectivity index (χ1) is 13.4. The summed E-state index contributed by atoms with van der Waals surface area (Å²) in [6.45, 7) is 3.77. The highest BCUT2D eigenvalue weighted by atomic mass is 127. The van der Waals surface area contributed by atoms with Gasteiger partial charge in [0.15, 0.2) is 11.7 Å². The lowest BCUT2D eigenvalue weighted by atomic mass is 10.1. The van der Waals surface area contributed by atoms with E-state index < -0.39 is 11.9 Å². The lowest BCUT2D eigenvalue weighted by molar-refractivity contribution is -0.140. The molecule has 1 aromatic heterocycles. The van der Waals surface area contributed by atoms with Crippen molar-refractivity contribution < 1.29 is 17.9 Å². The fourth-order valence-electron chi connectivity index (χ4n) is 2.49. The first-order valence-electron chi connectivity index (χ1n) is 9.09. The predicted molar refractivity (Wildman–Crippen MR) is 122 cm³/mol. The molecule has 0 amide bonds. The molecule has 2 N–H and O–H groups in total. The minimum absolute atomic E-state index is 0. The van der Waals surface area contributed by atoms with Crippen LogP contribution in [0.2, 0.25) is 0 Å². The molecular weight excluding hydrogens is 516 g/mol. The van der Waals surface area contributed by atoms with E-state index in [1.165, 1.54) is 5.56 Å².